The topological polar surface area (TPSA) is 54.5 Å². The maximum absolute atomic E-state index is 13.9. The molecule has 0 aromatic heterocycles. The minimum atomic E-state index is -3.53. The summed E-state index contributed by atoms with van der Waals surface area (Å²) in [5.74, 6) is -0.985. The molecule has 0 saturated heterocycles. The number of amides is 1. The molecule has 0 atom stereocenters. The first kappa shape index (κ1) is 20.6. The molecule has 0 fully saturated rings. The molecule has 26 heavy (non-hydrogen) atoms. The Morgan fingerprint density at radius 1 is 1.15 bits per heavy atom. The fourth-order valence-electron chi connectivity index (χ4n) is 2.49. The molecule has 0 N–H and O–H groups in total. The van der Waals surface area contributed by atoms with Gasteiger partial charge in [-0.3, -0.25) is 4.79 Å². The number of carbonyl (C=O) groups is 1. The molecule has 0 aliphatic carbocycles. The lowest BCUT2D eigenvalue weighted by Gasteiger charge is -2.21. The highest BCUT2D eigenvalue weighted by Gasteiger charge is 2.20. The Kier molecular flexibility index (Phi) is 6.94. The minimum absolute atomic E-state index is 0.102. The quantitative estimate of drug-likeness (QED) is 0.649. The number of sulfone groups is 1. The van der Waals surface area contributed by atoms with Crippen LogP contribution in [0.3, 0.4) is 0 Å². The lowest BCUT2D eigenvalue weighted by Crippen LogP contribution is -2.32. The SMILES string of the molecule is CCN(Cc1cc(Br)ccc1F)C(=O)CCS(=O)(=O)c1ccc(C)cc1. The van der Waals surface area contributed by atoms with Crippen LogP contribution in [0, 0.1) is 12.7 Å². The van der Waals surface area contributed by atoms with Crippen molar-refractivity contribution in [3.05, 3.63) is 63.9 Å². The van der Waals surface area contributed by atoms with Gasteiger partial charge in [0, 0.05) is 29.5 Å². The van der Waals surface area contributed by atoms with E-state index in [9.17, 15) is 17.6 Å². The van der Waals surface area contributed by atoms with Gasteiger partial charge in [0.1, 0.15) is 5.82 Å². The maximum Gasteiger partial charge on any atom is 0.223 e. The highest BCUT2D eigenvalue weighted by molar-refractivity contribution is 9.10. The summed E-state index contributed by atoms with van der Waals surface area (Å²) in [6, 6.07) is 11.1. The lowest BCUT2D eigenvalue weighted by molar-refractivity contribution is -0.131. The van der Waals surface area contributed by atoms with Gasteiger partial charge in [0.2, 0.25) is 5.91 Å². The van der Waals surface area contributed by atoms with Crippen LogP contribution in [0.2, 0.25) is 0 Å². The first-order valence-corrected chi connectivity index (χ1v) is 10.7. The summed E-state index contributed by atoms with van der Waals surface area (Å²) in [6.07, 6.45) is -0.139. The van der Waals surface area contributed by atoms with Gasteiger partial charge in [0.25, 0.3) is 0 Å². The van der Waals surface area contributed by atoms with E-state index in [0.29, 0.717) is 12.1 Å². The fraction of sp³-hybridized carbons (Fsp3) is 0.316. The molecule has 2 rings (SSSR count). The van der Waals surface area contributed by atoms with Crippen LogP contribution in [0.5, 0.6) is 0 Å². The van der Waals surface area contributed by atoms with Gasteiger partial charge in [-0.05, 0) is 44.2 Å². The number of hydrogen-bond acceptors (Lipinski definition) is 3. The molecule has 1 amide bonds. The summed E-state index contributed by atoms with van der Waals surface area (Å²) in [5, 5.41) is 0. The molecule has 0 spiro atoms. The molecule has 0 heterocycles. The van der Waals surface area contributed by atoms with Crippen molar-refractivity contribution in [3.8, 4) is 0 Å². The van der Waals surface area contributed by atoms with Crippen molar-refractivity contribution in [1.29, 1.82) is 0 Å². The van der Waals surface area contributed by atoms with Crippen LogP contribution >= 0.6 is 15.9 Å². The Hall–Kier alpha value is -1.73. The molecule has 0 unspecified atom stereocenters. The Morgan fingerprint density at radius 2 is 1.81 bits per heavy atom. The highest BCUT2D eigenvalue weighted by Crippen LogP contribution is 2.18. The van der Waals surface area contributed by atoms with Gasteiger partial charge in [0.05, 0.1) is 10.6 Å². The zero-order chi connectivity index (χ0) is 19.3. The van der Waals surface area contributed by atoms with Gasteiger partial charge in [-0.15, -0.1) is 0 Å². The number of nitrogens with zero attached hydrogens (tertiary/aromatic N) is 1. The van der Waals surface area contributed by atoms with E-state index >= 15 is 0 Å². The second-order valence-corrected chi connectivity index (χ2v) is 9.05. The molecule has 140 valence electrons. The Bertz CT molecular complexity index is 882. The van der Waals surface area contributed by atoms with E-state index in [4.69, 9.17) is 0 Å². The third-order valence-electron chi connectivity index (χ3n) is 4.07. The zero-order valence-electron chi connectivity index (χ0n) is 14.7. The van der Waals surface area contributed by atoms with Gasteiger partial charge < -0.3 is 4.90 Å². The van der Waals surface area contributed by atoms with Gasteiger partial charge in [-0.1, -0.05) is 33.6 Å². The summed E-state index contributed by atoms with van der Waals surface area (Å²) in [7, 11) is -3.53. The van der Waals surface area contributed by atoms with Crippen molar-refractivity contribution < 1.29 is 17.6 Å². The van der Waals surface area contributed by atoms with E-state index in [2.05, 4.69) is 15.9 Å². The second kappa shape index (κ2) is 8.77. The molecule has 0 bridgehead atoms. The summed E-state index contributed by atoms with van der Waals surface area (Å²) in [4.78, 5) is 14.1. The van der Waals surface area contributed by atoms with E-state index in [0.717, 1.165) is 10.0 Å². The van der Waals surface area contributed by atoms with E-state index in [1.807, 2.05) is 6.92 Å². The van der Waals surface area contributed by atoms with Crippen molar-refractivity contribution >= 4 is 31.7 Å². The van der Waals surface area contributed by atoms with Crippen LogP contribution in [0.1, 0.15) is 24.5 Å². The van der Waals surface area contributed by atoms with Crippen LogP contribution in [0.4, 0.5) is 4.39 Å². The third kappa shape index (κ3) is 5.38. The van der Waals surface area contributed by atoms with Gasteiger partial charge in [-0.25, -0.2) is 12.8 Å². The number of aryl methyl sites for hydroxylation is 1. The van der Waals surface area contributed by atoms with E-state index < -0.39 is 15.7 Å². The van der Waals surface area contributed by atoms with Crippen molar-refractivity contribution in [2.75, 3.05) is 12.3 Å². The van der Waals surface area contributed by atoms with Gasteiger partial charge >= 0.3 is 0 Å². The molecule has 0 aliphatic rings. The minimum Gasteiger partial charge on any atom is -0.339 e. The average molecular weight is 442 g/mol. The molecule has 2 aromatic rings. The standard InChI is InChI=1S/C19H21BrFNO3S/c1-3-22(13-15-12-16(20)6-9-18(15)21)19(23)10-11-26(24,25)17-7-4-14(2)5-8-17/h4-9,12H,3,10-11,13H2,1-2H3. The summed E-state index contributed by atoms with van der Waals surface area (Å²) in [6.45, 7) is 4.13. The Labute approximate surface area is 162 Å². The van der Waals surface area contributed by atoms with E-state index in [-0.39, 0.29) is 29.5 Å². The highest BCUT2D eigenvalue weighted by atomic mass is 79.9. The van der Waals surface area contributed by atoms with E-state index in [1.54, 1.807) is 43.3 Å². The van der Waals surface area contributed by atoms with Crippen molar-refractivity contribution in [2.45, 2.75) is 31.7 Å². The molecule has 4 nitrogen and oxygen atoms in total. The maximum atomic E-state index is 13.9. The molecule has 2 aromatic carbocycles. The first-order valence-electron chi connectivity index (χ1n) is 8.24. The number of carbonyl (C=O) groups excluding carboxylic acids is 1. The zero-order valence-corrected chi connectivity index (χ0v) is 17.1. The molecule has 0 radical (unpaired) electrons. The van der Waals surface area contributed by atoms with Crippen LogP contribution in [0.15, 0.2) is 51.8 Å². The van der Waals surface area contributed by atoms with Crippen molar-refractivity contribution in [1.82, 2.24) is 4.90 Å². The molecule has 0 aliphatic heterocycles. The molecule has 7 heteroatoms. The summed E-state index contributed by atoms with van der Waals surface area (Å²) >= 11 is 3.28. The van der Waals surface area contributed by atoms with Crippen LogP contribution < -0.4 is 0 Å². The van der Waals surface area contributed by atoms with Gasteiger partial charge in [0.15, 0.2) is 9.84 Å². The van der Waals surface area contributed by atoms with Crippen LogP contribution in [-0.4, -0.2) is 31.5 Å². The number of hydrogen-bond donors (Lipinski definition) is 0. The lowest BCUT2D eigenvalue weighted by atomic mass is 10.2. The predicted octanol–water partition coefficient (Wildman–Crippen LogP) is 4.11. The normalized spacial score (nSPS) is 11.4. The Balaban J connectivity index is 2.04. The molecule has 0 saturated carbocycles. The van der Waals surface area contributed by atoms with Crippen molar-refractivity contribution in [2.24, 2.45) is 0 Å². The summed E-state index contributed by atoms with van der Waals surface area (Å²) in [5.41, 5.74) is 1.35. The molecular formula is C19H21BrFNO3S. The third-order valence-corrected chi connectivity index (χ3v) is 6.29. The monoisotopic (exact) mass is 441 g/mol. The Morgan fingerprint density at radius 3 is 2.42 bits per heavy atom. The number of rotatable bonds is 7. The van der Waals surface area contributed by atoms with Crippen molar-refractivity contribution in [3.63, 3.8) is 0 Å². The first-order chi connectivity index (χ1) is 12.2. The fourth-order valence-corrected chi connectivity index (χ4v) is 4.13. The predicted molar refractivity (Wildman–Crippen MR) is 103 cm³/mol. The summed E-state index contributed by atoms with van der Waals surface area (Å²) < 4.78 is 39.4. The van der Waals surface area contributed by atoms with Gasteiger partial charge in [-0.2, -0.15) is 0 Å². The number of benzene rings is 2. The average Bonchev–Trinajstić information content (AvgIpc) is 2.61. The van der Waals surface area contributed by atoms with E-state index in [1.165, 1.54) is 11.0 Å². The smallest absolute Gasteiger partial charge is 0.223 e. The molecular weight excluding hydrogens is 421 g/mol. The van der Waals surface area contributed by atoms with Crippen LogP contribution in [0.25, 0.3) is 0 Å². The largest absolute Gasteiger partial charge is 0.339 e. The number of halogens is 2. The van der Waals surface area contributed by atoms with Crippen LogP contribution in [-0.2, 0) is 21.2 Å². The second-order valence-electron chi connectivity index (χ2n) is 6.03.